The van der Waals surface area contributed by atoms with Crippen molar-refractivity contribution >= 4 is 27.3 Å². The van der Waals surface area contributed by atoms with Crippen LogP contribution in [-0.2, 0) is 0 Å². The van der Waals surface area contributed by atoms with E-state index >= 15 is 0 Å². The molecule has 0 radical (unpaired) electrons. The minimum absolute atomic E-state index is 0.0433. The predicted molar refractivity (Wildman–Crippen MR) is 70.4 cm³/mol. The van der Waals surface area contributed by atoms with Gasteiger partial charge in [0.25, 0.3) is 5.69 Å². The van der Waals surface area contributed by atoms with E-state index in [-0.39, 0.29) is 18.3 Å². The summed E-state index contributed by atoms with van der Waals surface area (Å²) in [6, 6.07) is 4.84. The van der Waals surface area contributed by atoms with Gasteiger partial charge in [0.05, 0.1) is 17.2 Å². The van der Waals surface area contributed by atoms with Gasteiger partial charge in [0.1, 0.15) is 0 Å². The number of nitro benzene ring substituents is 1. The van der Waals surface area contributed by atoms with E-state index < -0.39 is 4.92 Å². The van der Waals surface area contributed by atoms with Crippen LogP contribution in [0, 0.1) is 10.1 Å². The smallest absolute Gasteiger partial charge is 0.270 e. The van der Waals surface area contributed by atoms with Crippen molar-refractivity contribution in [1.29, 1.82) is 0 Å². The van der Waals surface area contributed by atoms with E-state index in [1.54, 1.807) is 6.07 Å². The maximum absolute atomic E-state index is 10.6. The van der Waals surface area contributed by atoms with Crippen molar-refractivity contribution < 1.29 is 10.0 Å². The molecule has 0 saturated carbocycles. The first kappa shape index (κ1) is 13.9. The molecule has 1 N–H and O–H groups in total. The standard InChI is InChI=1S/C11H15BrN2O3/c1-8(2)13(5-6-15)11-4-3-9(14(16)17)7-10(11)12/h3-4,7-8,15H,5-6H2,1-2H3. The fourth-order valence-corrected chi connectivity index (χ4v) is 2.20. The zero-order valence-corrected chi connectivity index (χ0v) is 11.3. The molecule has 0 fully saturated rings. The van der Waals surface area contributed by atoms with Crippen molar-refractivity contribution in [3.63, 3.8) is 0 Å². The van der Waals surface area contributed by atoms with E-state index in [1.165, 1.54) is 12.1 Å². The fourth-order valence-electron chi connectivity index (χ4n) is 1.61. The summed E-state index contributed by atoms with van der Waals surface area (Å²) in [5.74, 6) is 0. The van der Waals surface area contributed by atoms with Gasteiger partial charge in [-0.2, -0.15) is 0 Å². The highest BCUT2D eigenvalue weighted by atomic mass is 79.9. The summed E-state index contributed by atoms with van der Waals surface area (Å²) < 4.78 is 0.661. The number of hydrogen-bond donors (Lipinski definition) is 1. The summed E-state index contributed by atoms with van der Waals surface area (Å²) in [5.41, 5.74) is 0.896. The number of benzene rings is 1. The van der Waals surface area contributed by atoms with Gasteiger partial charge in [-0.3, -0.25) is 10.1 Å². The third-order valence-corrected chi connectivity index (χ3v) is 3.05. The molecule has 0 spiro atoms. The number of non-ortho nitro benzene ring substituents is 1. The monoisotopic (exact) mass is 302 g/mol. The van der Waals surface area contributed by atoms with E-state index in [1.807, 2.05) is 18.7 Å². The Bertz CT molecular complexity index is 410. The number of nitro groups is 1. The van der Waals surface area contributed by atoms with Crippen LogP contribution in [0.25, 0.3) is 0 Å². The van der Waals surface area contributed by atoms with Gasteiger partial charge in [0.2, 0.25) is 0 Å². The quantitative estimate of drug-likeness (QED) is 0.670. The number of rotatable bonds is 5. The normalized spacial score (nSPS) is 10.6. The van der Waals surface area contributed by atoms with Crippen LogP contribution in [0.1, 0.15) is 13.8 Å². The summed E-state index contributed by atoms with van der Waals surface area (Å²) in [6.07, 6.45) is 0. The molecular weight excluding hydrogens is 288 g/mol. The highest BCUT2D eigenvalue weighted by molar-refractivity contribution is 9.10. The SMILES string of the molecule is CC(C)N(CCO)c1ccc([N+](=O)[O-])cc1Br. The van der Waals surface area contributed by atoms with Crippen molar-refractivity contribution in [2.75, 3.05) is 18.1 Å². The van der Waals surface area contributed by atoms with E-state index in [0.29, 0.717) is 11.0 Å². The summed E-state index contributed by atoms with van der Waals surface area (Å²) in [6.45, 7) is 4.54. The van der Waals surface area contributed by atoms with Gasteiger partial charge >= 0.3 is 0 Å². The lowest BCUT2D eigenvalue weighted by atomic mass is 10.2. The van der Waals surface area contributed by atoms with Gasteiger partial charge in [-0.25, -0.2) is 0 Å². The van der Waals surface area contributed by atoms with Gasteiger partial charge < -0.3 is 10.0 Å². The van der Waals surface area contributed by atoms with Crippen LogP contribution < -0.4 is 4.90 Å². The molecule has 0 aromatic heterocycles. The zero-order chi connectivity index (χ0) is 13.0. The average molecular weight is 303 g/mol. The molecule has 17 heavy (non-hydrogen) atoms. The lowest BCUT2D eigenvalue weighted by Gasteiger charge is -2.29. The lowest BCUT2D eigenvalue weighted by molar-refractivity contribution is -0.384. The van der Waals surface area contributed by atoms with Crippen LogP contribution in [0.15, 0.2) is 22.7 Å². The highest BCUT2D eigenvalue weighted by Gasteiger charge is 2.16. The van der Waals surface area contributed by atoms with Crippen LogP contribution in [-0.4, -0.2) is 29.2 Å². The molecule has 1 aromatic carbocycles. The number of halogens is 1. The molecular formula is C11H15BrN2O3. The maximum Gasteiger partial charge on any atom is 0.270 e. The molecule has 0 heterocycles. The minimum Gasteiger partial charge on any atom is -0.395 e. The Labute approximate surface area is 108 Å². The Morgan fingerprint density at radius 3 is 2.59 bits per heavy atom. The van der Waals surface area contributed by atoms with Crippen LogP contribution >= 0.6 is 15.9 Å². The van der Waals surface area contributed by atoms with E-state index in [4.69, 9.17) is 5.11 Å². The molecule has 0 aliphatic heterocycles. The van der Waals surface area contributed by atoms with Crippen molar-refractivity contribution in [2.45, 2.75) is 19.9 Å². The third-order valence-electron chi connectivity index (χ3n) is 2.42. The lowest BCUT2D eigenvalue weighted by Crippen LogP contribution is -2.33. The first-order chi connectivity index (χ1) is 7.97. The summed E-state index contributed by atoms with van der Waals surface area (Å²) in [7, 11) is 0. The fraction of sp³-hybridized carbons (Fsp3) is 0.455. The number of aliphatic hydroxyl groups excluding tert-OH is 1. The molecule has 5 nitrogen and oxygen atoms in total. The third kappa shape index (κ3) is 3.41. The molecule has 0 saturated heterocycles. The van der Waals surface area contributed by atoms with Crippen LogP contribution in [0.2, 0.25) is 0 Å². The van der Waals surface area contributed by atoms with Gasteiger partial charge in [-0.1, -0.05) is 0 Å². The Hall–Kier alpha value is -1.14. The summed E-state index contributed by atoms with van der Waals surface area (Å²) in [4.78, 5) is 12.2. The molecule has 94 valence electrons. The van der Waals surface area contributed by atoms with Gasteiger partial charge in [0.15, 0.2) is 0 Å². The molecule has 1 rings (SSSR count). The molecule has 0 unspecified atom stereocenters. The maximum atomic E-state index is 10.6. The summed E-state index contributed by atoms with van der Waals surface area (Å²) in [5, 5.41) is 19.6. The van der Waals surface area contributed by atoms with Gasteiger partial charge in [-0.05, 0) is 35.8 Å². The van der Waals surface area contributed by atoms with E-state index in [9.17, 15) is 10.1 Å². The van der Waals surface area contributed by atoms with Crippen molar-refractivity contribution in [3.05, 3.63) is 32.8 Å². The van der Waals surface area contributed by atoms with Crippen molar-refractivity contribution in [3.8, 4) is 0 Å². The highest BCUT2D eigenvalue weighted by Crippen LogP contribution is 2.31. The Kier molecular flexibility index (Phi) is 4.89. The second-order valence-corrected chi connectivity index (χ2v) is 4.76. The first-order valence-corrected chi connectivity index (χ1v) is 6.08. The van der Waals surface area contributed by atoms with Gasteiger partial charge in [0, 0.05) is 29.2 Å². The second kappa shape index (κ2) is 5.97. The second-order valence-electron chi connectivity index (χ2n) is 3.90. The van der Waals surface area contributed by atoms with Crippen LogP contribution in [0.3, 0.4) is 0 Å². The summed E-state index contributed by atoms with van der Waals surface area (Å²) >= 11 is 3.33. The topological polar surface area (TPSA) is 66.6 Å². The number of aliphatic hydroxyl groups is 1. The minimum atomic E-state index is -0.430. The van der Waals surface area contributed by atoms with E-state index in [2.05, 4.69) is 15.9 Å². The van der Waals surface area contributed by atoms with Gasteiger partial charge in [-0.15, -0.1) is 0 Å². The zero-order valence-electron chi connectivity index (χ0n) is 9.76. The average Bonchev–Trinajstić information content (AvgIpc) is 2.26. The molecule has 0 aliphatic carbocycles. The Balaban J connectivity index is 3.08. The molecule has 0 atom stereocenters. The number of nitrogens with zero attached hydrogens (tertiary/aromatic N) is 2. The molecule has 0 bridgehead atoms. The van der Waals surface area contributed by atoms with E-state index in [0.717, 1.165) is 5.69 Å². The first-order valence-electron chi connectivity index (χ1n) is 5.28. The molecule has 1 aromatic rings. The number of hydrogen-bond acceptors (Lipinski definition) is 4. The molecule has 0 aliphatic rings. The Morgan fingerprint density at radius 2 is 2.18 bits per heavy atom. The number of anilines is 1. The largest absolute Gasteiger partial charge is 0.395 e. The van der Waals surface area contributed by atoms with Crippen molar-refractivity contribution in [1.82, 2.24) is 0 Å². The van der Waals surface area contributed by atoms with Crippen LogP contribution in [0.4, 0.5) is 11.4 Å². The molecule has 6 heteroatoms. The van der Waals surface area contributed by atoms with Crippen molar-refractivity contribution in [2.24, 2.45) is 0 Å². The Morgan fingerprint density at radius 1 is 1.53 bits per heavy atom. The van der Waals surface area contributed by atoms with Crippen LogP contribution in [0.5, 0.6) is 0 Å². The molecule has 0 amide bonds. The predicted octanol–water partition coefficient (Wildman–Crippen LogP) is 2.56.